The summed E-state index contributed by atoms with van der Waals surface area (Å²) < 4.78 is 0. The lowest BCUT2D eigenvalue weighted by Gasteiger charge is -2.26. The first-order valence-corrected chi connectivity index (χ1v) is 7.18. The van der Waals surface area contributed by atoms with Crippen LogP contribution in [0.15, 0.2) is 11.1 Å². The molecule has 0 amide bonds. The van der Waals surface area contributed by atoms with Gasteiger partial charge in [-0.3, -0.25) is 0 Å². The Labute approximate surface area is 114 Å². The van der Waals surface area contributed by atoms with Crippen molar-refractivity contribution in [2.75, 3.05) is 19.8 Å². The van der Waals surface area contributed by atoms with E-state index in [1.165, 1.54) is 5.57 Å². The second-order valence-electron chi connectivity index (χ2n) is 6.71. The van der Waals surface area contributed by atoms with Crippen LogP contribution in [0.25, 0.3) is 0 Å². The monoisotopic (exact) mass is 270 g/mol. The predicted octanol–water partition coefficient (Wildman–Crippen LogP) is 0.693. The predicted molar refractivity (Wildman–Crippen MR) is 72.4 cm³/mol. The van der Waals surface area contributed by atoms with Crippen molar-refractivity contribution in [2.45, 2.75) is 39.2 Å². The first-order chi connectivity index (χ1) is 8.95. The molecular formula is C15H26O4. The third-order valence-electron chi connectivity index (χ3n) is 5.22. The zero-order valence-corrected chi connectivity index (χ0v) is 11.8. The van der Waals surface area contributed by atoms with Gasteiger partial charge in [-0.25, -0.2) is 0 Å². The average Bonchev–Trinajstić information content (AvgIpc) is 2.72. The van der Waals surface area contributed by atoms with Gasteiger partial charge in [0.05, 0.1) is 12.7 Å². The number of hydrogen-bond donors (Lipinski definition) is 4. The summed E-state index contributed by atoms with van der Waals surface area (Å²) in [5, 5.41) is 39.1. The first-order valence-electron chi connectivity index (χ1n) is 7.18. The molecule has 0 radical (unpaired) electrons. The summed E-state index contributed by atoms with van der Waals surface area (Å²) >= 11 is 0. The van der Waals surface area contributed by atoms with Crippen molar-refractivity contribution >= 4 is 0 Å². The van der Waals surface area contributed by atoms with Crippen molar-refractivity contribution in [3.05, 3.63) is 11.1 Å². The van der Waals surface area contributed by atoms with Gasteiger partial charge in [-0.05, 0) is 42.1 Å². The third kappa shape index (κ3) is 2.59. The van der Waals surface area contributed by atoms with Gasteiger partial charge in [0.1, 0.15) is 0 Å². The lowest BCUT2D eigenvalue weighted by atomic mass is 9.82. The van der Waals surface area contributed by atoms with Crippen LogP contribution in [-0.4, -0.2) is 46.4 Å². The van der Waals surface area contributed by atoms with E-state index in [0.717, 1.165) is 18.4 Å². The molecule has 5 unspecified atom stereocenters. The fraction of sp³-hybridized carbons (Fsp3) is 0.867. The van der Waals surface area contributed by atoms with Crippen LogP contribution in [0.3, 0.4) is 0 Å². The second kappa shape index (κ2) is 5.52. The molecule has 1 fully saturated rings. The molecule has 4 heteroatoms. The molecule has 2 aliphatic carbocycles. The molecule has 0 aliphatic heterocycles. The minimum atomic E-state index is -0.456. The summed E-state index contributed by atoms with van der Waals surface area (Å²) in [7, 11) is 0. The molecule has 2 aliphatic rings. The standard InChI is InChI=1S/C15H26O4/c1-9-11-4-15(2,8-18)5-12(11)13(7-17)10(6-16)3-14(9)19/h9-11,14,16-19H,3-8H2,1-2H3. The largest absolute Gasteiger partial charge is 0.396 e. The molecule has 0 spiro atoms. The summed E-state index contributed by atoms with van der Waals surface area (Å²) in [4.78, 5) is 0. The molecule has 19 heavy (non-hydrogen) atoms. The molecule has 4 N–H and O–H groups in total. The maximum Gasteiger partial charge on any atom is 0.0648 e. The molecule has 0 aromatic carbocycles. The maximum atomic E-state index is 10.3. The van der Waals surface area contributed by atoms with Crippen LogP contribution >= 0.6 is 0 Å². The van der Waals surface area contributed by atoms with Gasteiger partial charge in [0, 0.05) is 19.1 Å². The van der Waals surface area contributed by atoms with E-state index < -0.39 is 6.10 Å². The van der Waals surface area contributed by atoms with Crippen molar-refractivity contribution in [3.8, 4) is 0 Å². The SMILES string of the molecule is CC1C(O)CC(CO)C(CO)=C2CC(C)(CO)CC21. The Morgan fingerprint density at radius 1 is 1.26 bits per heavy atom. The number of fused-ring (bicyclic) bond motifs is 1. The molecule has 5 atom stereocenters. The molecule has 0 saturated heterocycles. The van der Waals surface area contributed by atoms with Gasteiger partial charge < -0.3 is 20.4 Å². The van der Waals surface area contributed by atoms with Crippen LogP contribution in [0.1, 0.15) is 33.1 Å². The molecule has 110 valence electrons. The summed E-state index contributed by atoms with van der Waals surface area (Å²) in [5.41, 5.74) is 1.90. The smallest absolute Gasteiger partial charge is 0.0648 e. The highest BCUT2D eigenvalue weighted by molar-refractivity contribution is 5.28. The van der Waals surface area contributed by atoms with Gasteiger partial charge >= 0.3 is 0 Å². The average molecular weight is 270 g/mol. The topological polar surface area (TPSA) is 80.9 Å². The fourth-order valence-corrected chi connectivity index (χ4v) is 3.89. The lowest BCUT2D eigenvalue weighted by Crippen LogP contribution is -2.27. The molecule has 0 heterocycles. The van der Waals surface area contributed by atoms with Crippen molar-refractivity contribution in [1.82, 2.24) is 0 Å². The number of rotatable bonds is 3. The Kier molecular flexibility index (Phi) is 4.35. The summed E-state index contributed by atoms with van der Waals surface area (Å²) in [6.07, 6.45) is 1.67. The zero-order valence-electron chi connectivity index (χ0n) is 11.8. The Bertz CT molecular complexity index is 365. The molecule has 0 aromatic heterocycles. The van der Waals surface area contributed by atoms with E-state index in [0.29, 0.717) is 6.42 Å². The number of aliphatic hydroxyl groups is 4. The summed E-state index contributed by atoms with van der Waals surface area (Å²) in [6, 6.07) is 0. The molecule has 2 rings (SSSR count). The minimum absolute atomic E-state index is 0.0360. The van der Waals surface area contributed by atoms with E-state index in [1.54, 1.807) is 0 Å². The van der Waals surface area contributed by atoms with Crippen molar-refractivity contribution in [1.29, 1.82) is 0 Å². The van der Waals surface area contributed by atoms with Crippen LogP contribution in [0.2, 0.25) is 0 Å². The van der Waals surface area contributed by atoms with Crippen molar-refractivity contribution < 1.29 is 20.4 Å². The highest BCUT2D eigenvalue weighted by Crippen LogP contribution is 2.52. The lowest BCUT2D eigenvalue weighted by molar-refractivity contribution is 0.0595. The highest BCUT2D eigenvalue weighted by Gasteiger charge is 2.45. The Morgan fingerprint density at radius 3 is 2.47 bits per heavy atom. The van der Waals surface area contributed by atoms with Crippen LogP contribution in [0.4, 0.5) is 0 Å². The summed E-state index contributed by atoms with van der Waals surface area (Å²) in [6.45, 7) is 4.12. The van der Waals surface area contributed by atoms with Crippen LogP contribution < -0.4 is 0 Å². The minimum Gasteiger partial charge on any atom is -0.396 e. The van der Waals surface area contributed by atoms with E-state index in [4.69, 9.17) is 0 Å². The van der Waals surface area contributed by atoms with Crippen molar-refractivity contribution in [3.63, 3.8) is 0 Å². The van der Waals surface area contributed by atoms with Gasteiger partial charge in [-0.15, -0.1) is 0 Å². The van der Waals surface area contributed by atoms with Gasteiger partial charge in [0.2, 0.25) is 0 Å². The maximum absolute atomic E-state index is 10.3. The number of aliphatic hydroxyl groups excluding tert-OH is 4. The normalized spacial score (nSPS) is 43.3. The highest BCUT2D eigenvalue weighted by atomic mass is 16.3. The van der Waals surface area contributed by atoms with Crippen LogP contribution in [-0.2, 0) is 0 Å². The molecule has 0 aromatic rings. The van der Waals surface area contributed by atoms with E-state index in [2.05, 4.69) is 6.92 Å². The van der Waals surface area contributed by atoms with Crippen LogP contribution in [0, 0.1) is 23.2 Å². The van der Waals surface area contributed by atoms with E-state index in [1.807, 2.05) is 6.92 Å². The molecule has 0 bridgehead atoms. The van der Waals surface area contributed by atoms with E-state index >= 15 is 0 Å². The Morgan fingerprint density at radius 2 is 1.95 bits per heavy atom. The number of hydrogen-bond acceptors (Lipinski definition) is 4. The van der Waals surface area contributed by atoms with Crippen LogP contribution in [0.5, 0.6) is 0 Å². The van der Waals surface area contributed by atoms with Gasteiger partial charge in [0.15, 0.2) is 0 Å². The summed E-state index contributed by atoms with van der Waals surface area (Å²) in [5.74, 6) is 0.177. The molecular weight excluding hydrogens is 244 g/mol. The number of allylic oxidation sites excluding steroid dienone is 1. The molecule has 4 nitrogen and oxygen atoms in total. The second-order valence-corrected chi connectivity index (χ2v) is 6.71. The van der Waals surface area contributed by atoms with E-state index in [9.17, 15) is 20.4 Å². The molecule has 1 saturated carbocycles. The van der Waals surface area contributed by atoms with Gasteiger partial charge in [0.25, 0.3) is 0 Å². The quantitative estimate of drug-likeness (QED) is 0.569. The Hall–Kier alpha value is -0.420. The Balaban J connectivity index is 2.43. The first kappa shape index (κ1) is 15.0. The van der Waals surface area contributed by atoms with Gasteiger partial charge in [-0.1, -0.05) is 19.4 Å². The van der Waals surface area contributed by atoms with Gasteiger partial charge in [-0.2, -0.15) is 0 Å². The van der Waals surface area contributed by atoms with Crippen molar-refractivity contribution in [2.24, 2.45) is 23.2 Å². The zero-order chi connectivity index (χ0) is 14.2. The fourth-order valence-electron chi connectivity index (χ4n) is 3.89. The third-order valence-corrected chi connectivity index (χ3v) is 5.22. The van der Waals surface area contributed by atoms with E-state index in [-0.39, 0.29) is 43.0 Å².